The van der Waals surface area contributed by atoms with Crippen molar-refractivity contribution in [1.82, 2.24) is 5.32 Å². The number of fused-ring (bicyclic) bond motifs is 1. The van der Waals surface area contributed by atoms with Crippen LogP contribution in [-0.4, -0.2) is 22.3 Å². The molecular weight excluding hydrogens is 254 g/mol. The van der Waals surface area contributed by atoms with E-state index in [2.05, 4.69) is 17.4 Å². The lowest BCUT2D eigenvalue weighted by Crippen LogP contribution is -2.24. The zero-order valence-corrected chi connectivity index (χ0v) is 11.6. The van der Waals surface area contributed by atoms with Crippen molar-refractivity contribution < 1.29 is 4.21 Å². The van der Waals surface area contributed by atoms with Gasteiger partial charge in [0, 0.05) is 39.9 Å². The van der Waals surface area contributed by atoms with E-state index in [4.69, 9.17) is 11.6 Å². The summed E-state index contributed by atoms with van der Waals surface area (Å²) >= 11 is 5.98. The van der Waals surface area contributed by atoms with Crippen LogP contribution in [0.3, 0.4) is 0 Å². The topological polar surface area (TPSA) is 29.1 Å². The molecule has 0 aromatic heterocycles. The third-order valence-electron chi connectivity index (χ3n) is 3.23. The van der Waals surface area contributed by atoms with Gasteiger partial charge in [0.25, 0.3) is 0 Å². The molecule has 1 N–H and O–H groups in total. The van der Waals surface area contributed by atoms with Crippen molar-refractivity contribution in [2.24, 2.45) is 0 Å². The van der Waals surface area contributed by atoms with Crippen molar-refractivity contribution in [3.05, 3.63) is 34.3 Å². The van der Waals surface area contributed by atoms with Crippen LogP contribution >= 0.6 is 11.6 Å². The lowest BCUT2D eigenvalue weighted by atomic mass is 10.1. The number of hydrogen-bond donors (Lipinski definition) is 1. The van der Waals surface area contributed by atoms with E-state index in [9.17, 15) is 4.21 Å². The Bertz CT molecular complexity index is 422. The molecule has 2 nitrogen and oxygen atoms in total. The summed E-state index contributed by atoms with van der Waals surface area (Å²) in [6.07, 6.45) is 2.21. The lowest BCUT2D eigenvalue weighted by molar-refractivity contribution is 0.549. The normalized spacial score (nSPS) is 20.2. The van der Waals surface area contributed by atoms with Crippen molar-refractivity contribution >= 4 is 22.4 Å². The van der Waals surface area contributed by atoms with Gasteiger partial charge < -0.3 is 5.32 Å². The maximum Gasteiger partial charge on any atom is 0.0408 e. The summed E-state index contributed by atoms with van der Waals surface area (Å²) in [5.74, 6) is 1.49. The highest BCUT2D eigenvalue weighted by Crippen LogP contribution is 2.32. The molecule has 0 heterocycles. The van der Waals surface area contributed by atoms with Gasteiger partial charge in [-0.15, -0.1) is 0 Å². The number of halogens is 1. The zero-order chi connectivity index (χ0) is 12.3. The number of hydrogen-bond acceptors (Lipinski definition) is 2. The molecule has 0 saturated heterocycles. The molecule has 0 aliphatic heterocycles. The summed E-state index contributed by atoms with van der Waals surface area (Å²) < 4.78 is 11.3. The molecule has 0 bridgehead atoms. The van der Waals surface area contributed by atoms with Gasteiger partial charge in [0.2, 0.25) is 0 Å². The van der Waals surface area contributed by atoms with Gasteiger partial charge in [0.15, 0.2) is 0 Å². The van der Waals surface area contributed by atoms with Crippen molar-refractivity contribution in [3.8, 4) is 0 Å². The van der Waals surface area contributed by atoms with Gasteiger partial charge in [-0.2, -0.15) is 0 Å². The van der Waals surface area contributed by atoms with Crippen LogP contribution in [0.25, 0.3) is 0 Å². The Balaban J connectivity index is 1.91. The highest BCUT2D eigenvalue weighted by molar-refractivity contribution is 7.84. The van der Waals surface area contributed by atoms with Gasteiger partial charge in [-0.1, -0.05) is 24.6 Å². The van der Waals surface area contributed by atoms with E-state index in [1.807, 2.05) is 13.0 Å². The van der Waals surface area contributed by atoms with E-state index in [0.29, 0.717) is 6.04 Å². The fourth-order valence-electron chi connectivity index (χ4n) is 2.29. The SMILES string of the molecule is CCS(=O)CCNC1CCc2cc(Cl)ccc21. The maximum absolute atomic E-state index is 11.3. The molecule has 1 aliphatic carbocycles. The largest absolute Gasteiger partial charge is 0.309 e. The van der Waals surface area contributed by atoms with Crippen LogP contribution in [0, 0.1) is 0 Å². The molecule has 0 fully saturated rings. The van der Waals surface area contributed by atoms with Crippen molar-refractivity contribution in [3.63, 3.8) is 0 Å². The van der Waals surface area contributed by atoms with Crippen molar-refractivity contribution in [1.29, 1.82) is 0 Å². The Kier molecular flexibility index (Phi) is 4.60. The van der Waals surface area contributed by atoms with E-state index < -0.39 is 10.8 Å². The molecule has 1 aliphatic rings. The second-order valence-electron chi connectivity index (χ2n) is 4.32. The predicted octanol–water partition coefficient (Wildman–Crippen LogP) is 2.69. The number of nitrogens with one attached hydrogen (secondary N) is 1. The molecule has 2 atom stereocenters. The second-order valence-corrected chi connectivity index (χ2v) is 6.62. The molecule has 94 valence electrons. The molecule has 17 heavy (non-hydrogen) atoms. The molecule has 0 amide bonds. The minimum Gasteiger partial charge on any atom is -0.309 e. The van der Waals surface area contributed by atoms with Crippen LogP contribution in [0.5, 0.6) is 0 Å². The summed E-state index contributed by atoms with van der Waals surface area (Å²) in [6.45, 7) is 2.79. The first kappa shape index (κ1) is 13.1. The first-order chi connectivity index (χ1) is 8.20. The Morgan fingerprint density at radius 3 is 3.12 bits per heavy atom. The van der Waals surface area contributed by atoms with Crippen LogP contribution < -0.4 is 5.32 Å². The molecule has 2 rings (SSSR count). The monoisotopic (exact) mass is 271 g/mol. The van der Waals surface area contributed by atoms with Gasteiger partial charge in [-0.3, -0.25) is 4.21 Å². The third kappa shape index (κ3) is 3.30. The number of aryl methyl sites for hydroxylation is 1. The van der Waals surface area contributed by atoms with Gasteiger partial charge in [-0.05, 0) is 36.1 Å². The molecule has 0 radical (unpaired) electrons. The minimum absolute atomic E-state index is 0.413. The third-order valence-corrected chi connectivity index (χ3v) is 4.76. The predicted molar refractivity (Wildman–Crippen MR) is 74.1 cm³/mol. The number of benzene rings is 1. The first-order valence-corrected chi connectivity index (χ1v) is 7.94. The summed E-state index contributed by atoms with van der Waals surface area (Å²) in [4.78, 5) is 0. The summed E-state index contributed by atoms with van der Waals surface area (Å²) in [5.41, 5.74) is 2.71. The van der Waals surface area contributed by atoms with E-state index in [0.717, 1.165) is 35.9 Å². The second kappa shape index (κ2) is 5.98. The summed E-state index contributed by atoms with van der Waals surface area (Å²) in [7, 11) is -0.672. The quantitative estimate of drug-likeness (QED) is 0.892. The number of rotatable bonds is 5. The van der Waals surface area contributed by atoms with E-state index in [-0.39, 0.29) is 0 Å². The summed E-state index contributed by atoms with van der Waals surface area (Å²) in [6, 6.07) is 6.53. The average Bonchev–Trinajstić information content (AvgIpc) is 2.71. The fraction of sp³-hybridized carbons (Fsp3) is 0.538. The van der Waals surface area contributed by atoms with E-state index >= 15 is 0 Å². The van der Waals surface area contributed by atoms with Gasteiger partial charge in [0.1, 0.15) is 0 Å². The van der Waals surface area contributed by atoms with Gasteiger partial charge in [0.05, 0.1) is 0 Å². The van der Waals surface area contributed by atoms with Crippen molar-refractivity contribution in [2.45, 2.75) is 25.8 Å². The average molecular weight is 272 g/mol. The smallest absolute Gasteiger partial charge is 0.0408 e. The maximum atomic E-state index is 11.3. The Labute approximate surface area is 110 Å². The van der Waals surface area contributed by atoms with E-state index in [1.165, 1.54) is 11.1 Å². The first-order valence-electron chi connectivity index (χ1n) is 6.07. The lowest BCUT2D eigenvalue weighted by Gasteiger charge is -2.13. The molecule has 0 spiro atoms. The molecule has 0 saturated carbocycles. The Morgan fingerprint density at radius 2 is 2.35 bits per heavy atom. The van der Waals surface area contributed by atoms with Crippen LogP contribution in [0.1, 0.15) is 30.5 Å². The fourth-order valence-corrected chi connectivity index (χ4v) is 3.12. The van der Waals surface area contributed by atoms with Crippen LogP contribution in [0.15, 0.2) is 18.2 Å². The van der Waals surface area contributed by atoms with Crippen LogP contribution in [0.2, 0.25) is 5.02 Å². The minimum atomic E-state index is -0.672. The molecule has 1 aromatic rings. The molecule has 1 aromatic carbocycles. The molecule has 4 heteroatoms. The van der Waals surface area contributed by atoms with E-state index in [1.54, 1.807) is 0 Å². The highest BCUT2D eigenvalue weighted by atomic mass is 35.5. The van der Waals surface area contributed by atoms with Crippen LogP contribution in [0.4, 0.5) is 0 Å². The standard InChI is InChI=1S/C13H18ClNOS/c1-2-17(16)8-7-15-13-6-3-10-9-11(14)4-5-12(10)13/h4-5,9,13,15H,2-3,6-8H2,1H3. The van der Waals surface area contributed by atoms with Gasteiger partial charge in [-0.25, -0.2) is 0 Å². The molecule has 2 unspecified atom stereocenters. The van der Waals surface area contributed by atoms with Crippen LogP contribution in [-0.2, 0) is 17.2 Å². The van der Waals surface area contributed by atoms with Crippen molar-refractivity contribution in [2.75, 3.05) is 18.1 Å². The Morgan fingerprint density at radius 1 is 1.53 bits per heavy atom. The highest BCUT2D eigenvalue weighted by Gasteiger charge is 2.21. The summed E-state index contributed by atoms with van der Waals surface area (Å²) in [5, 5.41) is 4.30. The zero-order valence-electron chi connectivity index (χ0n) is 10.0. The molecular formula is C13H18ClNOS. The van der Waals surface area contributed by atoms with Gasteiger partial charge >= 0.3 is 0 Å². The Hall–Kier alpha value is -0.380.